The monoisotopic (exact) mass is 392 g/mol. The van der Waals surface area contributed by atoms with Crippen LogP contribution in [0.4, 0.5) is 10.1 Å². The van der Waals surface area contributed by atoms with Crippen LogP contribution in [0.2, 0.25) is 5.02 Å². The molecule has 0 amide bonds. The summed E-state index contributed by atoms with van der Waals surface area (Å²) in [6, 6.07) is 10.4. The van der Waals surface area contributed by atoms with E-state index in [1.54, 1.807) is 12.1 Å². The molecule has 0 saturated carbocycles. The SMILES string of the molecule is CCOc1cccc2c1OC1(C)CC2NC(=S)N1c1ccc(F)c(Cl)c1. The van der Waals surface area contributed by atoms with Crippen molar-refractivity contribution in [3.05, 3.63) is 52.8 Å². The molecule has 26 heavy (non-hydrogen) atoms. The summed E-state index contributed by atoms with van der Waals surface area (Å²) in [6.45, 7) is 4.45. The van der Waals surface area contributed by atoms with Gasteiger partial charge in [0.05, 0.1) is 17.7 Å². The summed E-state index contributed by atoms with van der Waals surface area (Å²) in [7, 11) is 0. The summed E-state index contributed by atoms with van der Waals surface area (Å²) in [4.78, 5) is 1.84. The highest BCUT2D eigenvalue weighted by atomic mass is 35.5. The third-order valence-electron chi connectivity index (χ3n) is 4.72. The zero-order valence-corrected chi connectivity index (χ0v) is 16.0. The standard InChI is InChI=1S/C19H18ClFN2O2S/c1-3-24-16-6-4-5-12-15-10-19(2,25-17(12)16)23(18(26)22-15)11-7-8-14(21)13(20)9-11/h4-9,15H,3,10H2,1-2H3,(H,22,26). The Kier molecular flexibility index (Phi) is 4.20. The Morgan fingerprint density at radius 3 is 2.96 bits per heavy atom. The fourth-order valence-electron chi connectivity index (χ4n) is 3.64. The Labute approximate surface area is 161 Å². The lowest BCUT2D eigenvalue weighted by molar-refractivity contribution is 0.0457. The number of anilines is 1. The fraction of sp³-hybridized carbons (Fsp3) is 0.316. The van der Waals surface area contributed by atoms with Gasteiger partial charge in [-0.15, -0.1) is 0 Å². The molecule has 0 spiro atoms. The Bertz CT molecular complexity index is 894. The number of nitrogens with one attached hydrogen (secondary N) is 1. The molecule has 0 radical (unpaired) electrons. The predicted octanol–water partition coefficient (Wildman–Crippen LogP) is 4.81. The zero-order valence-electron chi connectivity index (χ0n) is 14.4. The maximum atomic E-state index is 13.6. The molecule has 2 aliphatic rings. The molecular formula is C19H18ClFN2O2S. The van der Waals surface area contributed by atoms with Crippen molar-refractivity contribution in [2.45, 2.75) is 32.0 Å². The molecule has 2 unspecified atom stereocenters. The number of thiocarbonyl (C=S) groups is 1. The summed E-state index contributed by atoms with van der Waals surface area (Å²) < 4.78 is 25.8. The van der Waals surface area contributed by atoms with Gasteiger partial charge >= 0.3 is 0 Å². The number of ether oxygens (including phenoxy) is 2. The first-order valence-electron chi connectivity index (χ1n) is 8.43. The van der Waals surface area contributed by atoms with E-state index in [1.807, 2.05) is 36.9 Å². The minimum Gasteiger partial charge on any atom is -0.490 e. The van der Waals surface area contributed by atoms with Crippen molar-refractivity contribution < 1.29 is 13.9 Å². The van der Waals surface area contributed by atoms with Crippen LogP contribution in [0.5, 0.6) is 11.5 Å². The van der Waals surface area contributed by atoms with Gasteiger partial charge in [-0.25, -0.2) is 4.39 Å². The number of rotatable bonds is 3. The third kappa shape index (κ3) is 2.68. The lowest BCUT2D eigenvalue weighted by atomic mass is 9.90. The van der Waals surface area contributed by atoms with E-state index in [9.17, 15) is 4.39 Å². The Hall–Kier alpha value is -2.05. The molecule has 0 aliphatic carbocycles. The number of halogens is 2. The van der Waals surface area contributed by atoms with Gasteiger partial charge in [0.15, 0.2) is 22.3 Å². The van der Waals surface area contributed by atoms with Gasteiger partial charge < -0.3 is 14.8 Å². The molecule has 1 saturated heterocycles. The van der Waals surface area contributed by atoms with Gasteiger partial charge in [0, 0.05) is 17.7 Å². The van der Waals surface area contributed by atoms with Crippen LogP contribution in [0.15, 0.2) is 36.4 Å². The van der Waals surface area contributed by atoms with Crippen LogP contribution >= 0.6 is 23.8 Å². The van der Waals surface area contributed by atoms with Crippen LogP contribution in [0.3, 0.4) is 0 Å². The lowest BCUT2D eigenvalue weighted by Gasteiger charge is -2.52. The highest BCUT2D eigenvalue weighted by Gasteiger charge is 2.49. The molecule has 2 aromatic rings. The number of para-hydroxylation sites is 1. The van der Waals surface area contributed by atoms with Crippen molar-refractivity contribution >= 4 is 34.6 Å². The van der Waals surface area contributed by atoms with Crippen LogP contribution in [0.1, 0.15) is 31.9 Å². The number of nitrogens with zero attached hydrogens (tertiary/aromatic N) is 1. The molecule has 4 nitrogen and oxygen atoms in total. The van der Waals surface area contributed by atoms with Crippen molar-refractivity contribution in [3.63, 3.8) is 0 Å². The van der Waals surface area contributed by atoms with Gasteiger partial charge in [0.2, 0.25) is 0 Å². The molecule has 1 N–H and O–H groups in total. The molecule has 2 bridgehead atoms. The molecule has 2 heterocycles. The van der Waals surface area contributed by atoms with Gasteiger partial charge in [-0.05, 0) is 50.3 Å². The van der Waals surface area contributed by atoms with Crippen LogP contribution < -0.4 is 19.7 Å². The first kappa shape index (κ1) is 17.4. The normalized spacial score (nSPS) is 23.8. The topological polar surface area (TPSA) is 33.7 Å². The van der Waals surface area contributed by atoms with E-state index in [0.29, 0.717) is 35.3 Å². The molecule has 7 heteroatoms. The van der Waals surface area contributed by atoms with Crippen molar-refractivity contribution in [1.82, 2.24) is 5.32 Å². The van der Waals surface area contributed by atoms with E-state index in [0.717, 1.165) is 5.56 Å². The maximum Gasteiger partial charge on any atom is 0.188 e. The maximum absolute atomic E-state index is 13.6. The Morgan fingerprint density at radius 2 is 2.23 bits per heavy atom. The fourth-order valence-corrected chi connectivity index (χ4v) is 4.26. The zero-order chi connectivity index (χ0) is 18.5. The largest absolute Gasteiger partial charge is 0.490 e. The number of fused-ring (bicyclic) bond motifs is 4. The van der Waals surface area contributed by atoms with Gasteiger partial charge in [-0.3, -0.25) is 4.90 Å². The molecule has 4 rings (SSSR count). The molecule has 1 fully saturated rings. The van der Waals surface area contributed by atoms with E-state index >= 15 is 0 Å². The molecule has 136 valence electrons. The summed E-state index contributed by atoms with van der Waals surface area (Å²) >= 11 is 11.6. The number of hydrogen-bond donors (Lipinski definition) is 1. The summed E-state index contributed by atoms with van der Waals surface area (Å²) in [5.41, 5.74) is 0.953. The molecule has 2 aliphatic heterocycles. The van der Waals surface area contributed by atoms with Crippen LogP contribution in [0, 0.1) is 5.82 Å². The van der Waals surface area contributed by atoms with Crippen molar-refractivity contribution in [3.8, 4) is 11.5 Å². The van der Waals surface area contributed by atoms with Gasteiger partial charge in [-0.2, -0.15) is 0 Å². The van der Waals surface area contributed by atoms with Crippen molar-refractivity contribution in [1.29, 1.82) is 0 Å². The molecule has 2 aromatic carbocycles. The smallest absolute Gasteiger partial charge is 0.188 e. The summed E-state index contributed by atoms with van der Waals surface area (Å²) in [5, 5.41) is 3.92. The second-order valence-corrected chi connectivity index (χ2v) is 7.32. The van der Waals surface area contributed by atoms with Crippen molar-refractivity contribution in [2.75, 3.05) is 11.5 Å². The van der Waals surface area contributed by atoms with Gasteiger partial charge in [-0.1, -0.05) is 23.7 Å². The van der Waals surface area contributed by atoms with Crippen LogP contribution in [-0.2, 0) is 0 Å². The predicted molar refractivity (Wildman–Crippen MR) is 104 cm³/mol. The van der Waals surface area contributed by atoms with Crippen molar-refractivity contribution in [2.24, 2.45) is 0 Å². The Balaban J connectivity index is 1.80. The molecule has 2 atom stereocenters. The minimum absolute atomic E-state index is 0.0174. The van der Waals surface area contributed by atoms with E-state index in [-0.39, 0.29) is 11.1 Å². The van der Waals surface area contributed by atoms with E-state index in [2.05, 4.69) is 5.32 Å². The third-order valence-corrected chi connectivity index (χ3v) is 5.31. The number of benzene rings is 2. The average molecular weight is 393 g/mol. The molecular weight excluding hydrogens is 375 g/mol. The van der Waals surface area contributed by atoms with Crippen LogP contribution in [-0.4, -0.2) is 17.4 Å². The number of hydrogen-bond acceptors (Lipinski definition) is 3. The first-order valence-corrected chi connectivity index (χ1v) is 9.22. The van der Waals surface area contributed by atoms with Gasteiger partial charge in [0.25, 0.3) is 0 Å². The van der Waals surface area contributed by atoms with Gasteiger partial charge in [0.1, 0.15) is 5.82 Å². The first-order chi connectivity index (χ1) is 12.4. The second kappa shape index (κ2) is 6.28. The average Bonchev–Trinajstić information content (AvgIpc) is 2.58. The van der Waals surface area contributed by atoms with E-state index < -0.39 is 11.5 Å². The quantitative estimate of drug-likeness (QED) is 0.758. The molecule has 0 aromatic heterocycles. The Morgan fingerprint density at radius 1 is 1.42 bits per heavy atom. The van der Waals surface area contributed by atoms with Crippen LogP contribution in [0.25, 0.3) is 0 Å². The van der Waals surface area contributed by atoms with E-state index in [4.69, 9.17) is 33.3 Å². The highest BCUT2D eigenvalue weighted by molar-refractivity contribution is 7.80. The minimum atomic E-state index is -0.742. The lowest BCUT2D eigenvalue weighted by Crippen LogP contribution is -2.65. The highest BCUT2D eigenvalue weighted by Crippen LogP contribution is 2.49. The summed E-state index contributed by atoms with van der Waals surface area (Å²) in [5.74, 6) is 0.941. The second-order valence-electron chi connectivity index (χ2n) is 6.52. The summed E-state index contributed by atoms with van der Waals surface area (Å²) in [6.07, 6.45) is 0.671. The van der Waals surface area contributed by atoms with E-state index in [1.165, 1.54) is 6.07 Å².